The van der Waals surface area contributed by atoms with E-state index in [1.807, 2.05) is 12.1 Å². The fourth-order valence-corrected chi connectivity index (χ4v) is 5.61. The average Bonchev–Trinajstić information content (AvgIpc) is 2.82. The van der Waals surface area contributed by atoms with E-state index in [1.165, 1.54) is 58.7 Å². The number of benzene rings is 3. The lowest BCUT2D eigenvalue weighted by Gasteiger charge is -2.36. The zero-order valence-electron chi connectivity index (χ0n) is 20.3. The molecule has 1 N–H and O–H groups in total. The Kier molecular flexibility index (Phi) is 5.32. The van der Waals surface area contributed by atoms with Gasteiger partial charge in [0.15, 0.2) is 0 Å². The minimum atomic E-state index is 0.0175. The van der Waals surface area contributed by atoms with Crippen LogP contribution in [0.15, 0.2) is 84.5 Å². The van der Waals surface area contributed by atoms with Crippen molar-refractivity contribution in [2.24, 2.45) is 0 Å². The van der Waals surface area contributed by atoms with Gasteiger partial charge < -0.3 is 5.11 Å². The first-order chi connectivity index (χ1) is 15.8. The average molecular weight is 435 g/mol. The molecular formula is C32H34O. The molecule has 0 aromatic heterocycles. The van der Waals surface area contributed by atoms with Gasteiger partial charge in [-0.1, -0.05) is 100 Å². The minimum Gasteiger partial charge on any atom is -0.508 e. The van der Waals surface area contributed by atoms with Gasteiger partial charge in [-0.15, -0.1) is 0 Å². The van der Waals surface area contributed by atoms with Gasteiger partial charge in [0.1, 0.15) is 5.75 Å². The monoisotopic (exact) mass is 434 g/mol. The maximum absolute atomic E-state index is 9.57. The Hall–Kier alpha value is -3.06. The van der Waals surface area contributed by atoms with Crippen LogP contribution in [0.25, 0.3) is 16.3 Å². The van der Waals surface area contributed by atoms with E-state index in [1.54, 1.807) is 17.2 Å². The maximum atomic E-state index is 9.57. The van der Waals surface area contributed by atoms with Crippen LogP contribution in [-0.4, -0.2) is 5.11 Å². The van der Waals surface area contributed by atoms with Gasteiger partial charge in [0.25, 0.3) is 0 Å². The van der Waals surface area contributed by atoms with Crippen molar-refractivity contribution in [3.8, 4) is 5.75 Å². The molecule has 0 heterocycles. The summed E-state index contributed by atoms with van der Waals surface area (Å²) < 4.78 is 0. The highest BCUT2D eigenvalue weighted by atomic mass is 16.3. The van der Waals surface area contributed by atoms with Crippen molar-refractivity contribution >= 4 is 16.3 Å². The Bertz CT molecular complexity index is 1310. The molecule has 0 spiro atoms. The largest absolute Gasteiger partial charge is 0.508 e. The summed E-state index contributed by atoms with van der Waals surface area (Å²) >= 11 is 0. The third-order valence-electron chi connectivity index (χ3n) is 7.59. The zero-order chi connectivity index (χ0) is 23.2. The predicted octanol–water partition coefficient (Wildman–Crippen LogP) is 8.41. The number of phenols is 1. The van der Waals surface area contributed by atoms with E-state index in [4.69, 9.17) is 0 Å². The topological polar surface area (TPSA) is 20.2 Å². The third kappa shape index (κ3) is 3.95. The van der Waals surface area contributed by atoms with Crippen LogP contribution in [0, 0.1) is 0 Å². The molecule has 0 unspecified atom stereocenters. The molecule has 0 atom stereocenters. The van der Waals surface area contributed by atoms with Gasteiger partial charge in [-0.05, 0) is 76.4 Å². The SMILES string of the molecule is C1=CC2=C(CC1)CCc1c2ccc2ccccc12.CC1(C)C=CC(C)(C)c2cc(O)ccc21. The fourth-order valence-electron chi connectivity index (χ4n) is 5.61. The van der Waals surface area contributed by atoms with E-state index in [0.717, 1.165) is 0 Å². The third-order valence-corrected chi connectivity index (χ3v) is 7.59. The van der Waals surface area contributed by atoms with Crippen molar-refractivity contribution in [1.82, 2.24) is 0 Å². The first-order valence-electron chi connectivity index (χ1n) is 12.2. The standard InChI is InChI=1S/C18H16.C14H18O/c1-3-7-15-13(5-1)9-11-18-16-8-4-2-6-14(16)10-12-17(15)18;1-13(2)7-8-14(3,4)12-9-10(15)5-6-11(12)13/h1,3-5,7-9,11H,2,6,10,12H2;5-9,15H,1-4H3. The molecule has 3 aromatic rings. The van der Waals surface area contributed by atoms with E-state index < -0.39 is 0 Å². The highest BCUT2D eigenvalue weighted by Gasteiger charge is 2.32. The number of aryl methyl sites for hydroxylation is 1. The number of aromatic hydroxyl groups is 1. The van der Waals surface area contributed by atoms with Crippen molar-refractivity contribution in [3.63, 3.8) is 0 Å². The molecule has 1 nitrogen and oxygen atoms in total. The van der Waals surface area contributed by atoms with Gasteiger partial charge >= 0.3 is 0 Å². The van der Waals surface area contributed by atoms with E-state index >= 15 is 0 Å². The van der Waals surface area contributed by atoms with Crippen LogP contribution in [0.5, 0.6) is 5.75 Å². The summed E-state index contributed by atoms with van der Waals surface area (Å²) in [6.45, 7) is 8.76. The normalized spacial score (nSPS) is 19.3. The first-order valence-corrected chi connectivity index (χ1v) is 12.2. The molecule has 3 aliphatic rings. The number of rotatable bonds is 0. The smallest absolute Gasteiger partial charge is 0.115 e. The number of allylic oxidation sites excluding steroid dienone is 6. The zero-order valence-corrected chi connectivity index (χ0v) is 20.3. The van der Waals surface area contributed by atoms with Gasteiger partial charge in [-0.2, -0.15) is 0 Å². The molecule has 6 rings (SSSR count). The highest BCUT2D eigenvalue weighted by Crippen LogP contribution is 2.42. The Morgan fingerprint density at radius 1 is 0.758 bits per heavy atom. The number of hydrogen-bond acceptors (Lipinski definition) is 1. The molecule has 3 aliphatic carbocycles. The second-order valence-electron chi connectivity index (χ2n) is 10.8. The van der Waals surface area contributed by atoms with Gasteiger partial charge in [0, 0.05) is 10.8 Å². The van der Waals surface area contributed by atoms with Crippen molar-refractivity contribution in [1.29, 1.82) is 0 Å². The van der Waals surface area contributed by atoms with Crippen LogP contribution in [0.1, 0.15) is 69.2 Å². The summed E-state index contributed by atoms with van der Waals surface area (Å²) in [4.78, 5) is 0. The van der Waals surface area contributed by atoms with Gasteiger partial charge in [0.05, 0.1) is 0 Å². The van der Waals surface area contributed by atoms with Crippen molar-refractivity contribution < 1.29 is 5.11 Å². The van der Waals surface area contributed by atoms with E-state index in [9.17, 15) is 5.11 Å². The van der Waals surface area contributed by atoms with Crippen LogP contribution in [0.2, 0.25) is 0 Å². The Balaban J connectivity index is 0.000000141. The number of phenolic OH excluding ortho intramolecular Hbond substituents is 1. The molecule has 168 valence electrons. The summed E-state index contributed by atoms with van der Waals surface area (Å²) in [6.07, 6.45) is 14.1. The molecule has 0 saturated heterocycles. The van der Waals surface area contributed by atoms with Crippen LogP contribution in [0.3, 0.4) is 0 Å². The van der Waals surface area contributed by atoms with Crippen LogP contribution in [-0.2, 0) is 17.3 Å². The van der Waals surface area contributed by atoms with Crippen molar-refractivity contribution in [2.75, 3.05) is 0 Å². The molecule has 33 heavy (non-hydrogen) atoms. The number of hydrogen-bond donors (Lipinski definition) is 1. The quantitative estimate of drug-likeness (QED) is 0.352. The lowest BCUT2D eigenvalue weighted by atomic mass is 9.68. The Morgan fingerprint density at radius 2 is 1.52 bits per heavy atom. The lowest BCUT2D eigenvalue weighted by Crippen LogP contribution is -2.28. The fraction of sp³-hybridized carbons (Fsp3) is 0.312. The first kappa shape index (κ1) is 21.8. The molecule has 1 heteroatoms. The van der Waals surface area contributed by atoms with Crippen LogP contribution < -0.4 is 0 Å². The second-order valence-corrected chi connectivity index (χ2v) is 10.8. The summed E-state index contributed by atoms with van der Waals surface area (Å²) in [5.41, 5.74) is 8.84. The second kappa shape index (κ2) is 8.06. The van der Waals surface area contributed by atoms with Crippen molar-refractivity contribution in [2.45, 2.75) is 64.2 Å². The minimum absolute atomic E-state index is 0.0175. The molecule has 0 fully saturated rings. The summed E-state index contributed by atoms with van der Waals surface area (Å²) in [7, 11) is 0. The van der Waals surface area contributed by atoms with E-state index in [-0.39, 0.29) is 10.8 Å². The summed E-state index contributed by atoms with van der Waals surface area (Å²) in [5, 5.41) is 12.4. The molecule has 3 aromatic carbocycles. The van der Waals surface area contributed by atoms with Gasteiger partial charge in [0.2, 0.25) is 0 Å². The summed E-state index contributed by atoms with van der Waals surface area (Å²) in [5.74, 6) is 0.355. The summed E-state index contributed by atoms with van der Waals surface area (Å²) in [6, 6.07) is 19.1. The maximum Gasteiger partial charge on any atom is 0.115 e. The van der Waals surface area contributed by atoms with E-state index in [2.05, 4.69) is 88.4 Å². The molecule has 0 radical (unpaired) electrons. The van der Waals surface area contributed by atoms with Gasteiger partial charge in [-0.25, -0.2) is 0 Å². The van der Waals surface area contributed by atoms with E-state index in [0.29, 0.717) is 5.75 Å². The molecule has 0 amide bonds. The van der Waals surface area contributed by atoms with Crippen LogP contribution in [0.4, 0.5) is 0 Å². The lowest BCUT2D eigenvalue weighted by molar-refractivity contribution is 0.469. The number of fused-ring (bicyclic) bond motifs is 5. The Labute approximate surface area is 198 Å². The molecule has 0 aliphatic heterocycles. The Morgan fingerprint density at radius 3 is 2.33 bits per heavy atom. The van der Waals surface area contributed by atoms with Gasteiger partial charge in [-0.3, -0.25) is 0 Å². The predicted molar refractivity (Wildman–Crippen MR) is 141 cm³/mol. The molecule has 0 saturated carbocycles. The molecular weight excluding hydrogens is 400 g/mol. The molecule has 0 bridgehead atoms. The van der Waals surface area contributed by atoms with Crippen LogP contribution >= 0.6 is 0 Å². The van der Waals surface area contributed by atoms with Crippen molar-refractivity contribution in [3.05, 3.63) is 107 Å². The highest BCUT2D eigenvalue weighted by molar-refractivity contribution is 5.93.